The van der Waals surface area contributed by atoms with E-state index >= 15 is 0 Å². The van der Waals surface area contributed by atoms with Gasteiger partial charge >= 0.3 is 0 Å². The summed E-state index contributed by atoms with van der Waals surface area (Å²) < 4.78 is 11.1. The molecular weight excluding hydrogens is 378 g/mol. The average molecular weight is 405 g/mol. The van der Waals surface area contributed by atoms with Crippen LogP contribution in [0.2, 0.25) is 0 Å². The van der Waals surface area contributed by atoms with Gasteiger partial charge < -0.3 is 19.7 Å². The van der Waals surface area contributed by atoms with Crippen molar-refractivity contribution in [1.29, 1.82) is 0 Å². The molecule has 0 fully saturated rings. The molecule has 30 heavy (non-hydrogen) atoms. The van der Waals surface area contributed by atoms with Gasteiger partial charge in [0.2, 0.25) is 0 Å². The predicted octanol–water partition coefficient (Wildman–Crippen LogP) is 4.46. The summed E-state index contributed by atoms with van der Waals surface area (Å²) in [4.78, 5) is 4.63. The third-order valence-corrected chi connectivity index (χ3v) is 5.35. The van der Waals surface area contributed by atoms with E-state index in [1.54, 1.807) is 38.6 Å². The number of rotatable bonds is 7. The molecule has 2 N–H and O–H groups in total. The van der Waals surface area contributed by atoms with E-state index in [1.807, 2.05) is 62.4 Å². The molecular formula is C25H27NO4. The number of aliphatic imine (C=N–C) groups is 1. The number of methoxy groups -OCH3 is 2. The Kier molecular flexibility index (Phi) is 6.43. The van der Waals surface area contributed by atoms with Gasteiger partial charge in [0.1, 0.15) is 22.8 Å². The summed E-state index contributed by atoms with van der Waals surface area (Å²) in [5.74, 6) is 1.27. The summed E-state index contributed by atoms with van der Waals surface area (Å²) in [7, 11) is 3.14. The number of benzene rings is 3. The Morgan fingerprint density at radius 3 is 1.93 bits per heavy atom. The Morgan fingerprint density at radius 2 is 1.40 bits per heavy atom. The standard InChI is InChI=1S/C25H27NO4/c1-17-10-9-11-19(24(17)27)16-26-18(2)25(28,20-12-5-7-14-22(20)29-3)21-13-6-8-15-23(21)30-4/h5-16,18,27-28H,1-4H3. The third kappa shape index (κ3) is 3.89. The summed E-state index contributed by atoms with van der Waals surface area (Å²) >= 11 is 0. The number of hydrogen-bond donors (Lipinski definition) is 2. The molecule has 0 aromatic heterocycles. The van der Waals surface area contributed by atoms with E-state index in [4.69, 9.17) is 9.47 Å². The second-order valence-corrected chi connectivity index (χ2v) is 7.13. The lowest BCUT2D eigenvalue weighted by Gasteiger charge is -2.35. The Hall–Kier alpha value is -3.31. The molecule has 0 saturated heterocycles. The molecule has 0 radical (unpaired) electrons. The fourth-order valence-corrected chi connectivity index (χ4v) is 3.60. The highest BCUT2D eigenvalue weighted by molar-refractivity contribution is 5.84. The number of aryl methyl sites for hydroxylation is 1. The predicted molar refractivity (Wildman–Crippen MR) is 119 cm³/mol. The molecule has 0 heterocycles. The number of para-hydroxylation sites is 3. The van der Waals surface area contributed by atoms with Gasteiger partial charge in [0.15, 0.2) is 0 Å². The number of hydrogen-bond acceptors (Lipinski definition) is 5. The van der Waals surface area contributed by atoms with Gasteiger partial charge in [-0.25, -0.2) is 0 Å². The monoisotopic (exact) mass is 405 g/mol. The van der Waals surface area contributed by atoms with Crippen LogP contribution in [0.15, 0.2) is 71.7 Å². The molecule has 0 aliphatic rings. The summed E-state index contributed by atoms with van der Waals surface area (Å²) in [5, 5.41) is 22.4. The van der Waals surface area contributed by atoms with Gasteiger partial charge in [-0.05, 0) is 37.6 Å². The van der Waals surface area contributed by atoms with Gasteiger partial charge in [0.25, 0.3) is 0 Å². The minimum absolute atomic E-state index is 0.173. The van der Waals surface area contributed by atoms with Gasteiger partial charge in [0, 0.05) is 22.9 Å². The Bertz CT molecular complexity index is 997. The van der Waals surface area contributed by atoms with Gasteiger partial charge in [-0.3, -0.25) is 4.99 Å². The van der Waals surface area contributed by atoms with Crippen LogP contribution in [-0.2, 0) is 5.60 Å². The van der Waals surface area contributed by atoms with Crippen molar-refractivity contribution in [3.05, 3.63) is 89.0 Å². The SMILES string of the molecule is COc1ccccc1C(O)(c1ccccc1OC)C(C)N=Cc1cccc(C)c1O. The van der Waals surface area contributed by atoms with E-state index in [2.05, 4.69) is 4.99 Å². The fourth-order valence-electron chi connectivity index (χ4n) is 3.60. The number of phenolic OH excluding ortho intramolecular Hbond substituents is 1. The van der Waals surface area contributed by atoms with Crippen molar-refractivity contribution in [1.82, 2.24) is 0 Å². The van der Waals surface area contributed by atoms with E-state index < -0.39 is 11.6 Å². The zero-order valence-corrected chi connectivity index (χ0v) is 17.7. The van der Waals surface area contributed by atoms with Gasteiger partial charge in [-0.2, -0.15) is 0 Å². The number of aliphatic hydroxyl groups is 1. The van der Waals surface area contributed by atoms with Crippen molar-refractivity contribution in [2.75, 3.05) is 14.2 Å². The first-order chi connectivity index (χ1) is 14.4. The van der Waals surface area contributed by atoms with E-state index in [0.29, 0.717) is 28.2 Å². The lowest BCUT2D eigenvalue weighted by Crippen LogP contribution is -2.38. The molecule has 0 spiro atoms. The van der Waals surface area contributed by atoms with Crippen molar-refractivity contribution in [2.45, 2.75) is 25.5 Å². The van der Waals surface area contributed by atoms with Crippen molar-refractivity contribution in [3.8, 4) is 17.2 Å². The summed E-state index contributed by atoms with van der Waals surface area (Å²) in [6.07, 6.45) is 1.59. The number of ether oxygens (including phenoxy) is 2. The molecule has 156 valence electrons. The summed E-state index contributed by atoms with van der Waals surface area (Å²) in [5.41, 5.74) is 0.973. The van der Waals surface area contributed by atoms with E-state index in [1.165, 1.54) is 0 Å². The summed E-state index contributed by atoms with van der Waals surface area (Å²) in [6, 6.07) is 19.5. The maximum Gasteiger partial charge on any atom is 0.144 e. The smallest absolute Gasteiger partial charge is 0.144 e. The first-order valence-corrected chi connectivity index (χ1v) is 9.74. The Balaban J connectivity index is 2.16. The maximum absolute atomic E-state index is 12.1. The largest absolute Gasteiger partial charge is 0.507 e. The molecule has 0 aliphatic heterocycles. The van der Waals surface area contributed by atoms with Gasteiger partial charge in [-0.15, -0.1) is 0 Å². The van der Waals surface area contributed by atoms with Crippen LogP contribution in [0.1, 0.15) is 29.2 Å². The minimum atomic E-state index is -1.53. The average Bonchev–Trinajstić information content (AvgIpc) is 2.79. The quantitative estimate of drug-likeness (QED) is 0.569. The van der Waals surface area contributed by atoms with Crippen molar-refractivity contribution < 1.29 is 19.7 Å². The van der Waals surface area contributed by atoms with Crippen LogP contribution in [-0.4, -0.2) is 36.7 Å². The molecule has 5 heteroatoms. The van der Waals surface area contributed by atoms with Crippen LogP contribution < -0.4 is 9.47 Å². The van der Waals surface area contributed by atoms with Gasteiger partial charge in [0.05, 0.1) is 20.3 Å². The zero-order chi connectivity index (χ0) is 21.7. The molecule has 3 rings (SSSR count). The van der Waals surface area contributed by atoms with Crippen molar-refractivity contribution in [2.24, 2.45) is 4.99 Å². The highest BCUT2D eigenvalue weighted by Gasteiger charge is 2.42. The highest BCUT2D eigenvalue weighted by Crippen LogP contribution is 2.43. The highest BCUT2D eigenvalue weighted by atomic mass is 16.5. The maximum atomic E-state index is 12.1. The van der Waals surface area contributed by atoms with Crippen LogP contribution in [0.5, 0.6) is 17.2 Å². The minimum Gasteiger partial charge on any atom is -0.507 e. The lowest BCUT2D eigenvalue weighted by molar-refractivity contribution is 0.0538. The Labute approximate surface area is 177 Å². The first kappa shape index (κ1) is 21.4. The Morgan fingerprint density at radius 1 is 0.867 bits per heavy atom. The summed E-state index contributed by atoms with van der Waals surface area (Å²) in [6.45, 7) is 3.65. The van der Waals surface area contributed by atoms with Crippen LogP contribution in [0, 0.1) is 6.92 Å². The van der Waals surface area contributed by atoms with E-state index in [9.17, 15) is 10.2 Å². The van der Waals surface area contributed by atoms with Crippen molar-refractivity contribution in [3.63, 3.8) is 0 Å². The number of nitrogens with zero attached hydrogens (tertiary/aromatic N) is 1. The molecule has 3 aromatic carbocycles. The molecule has 0 bridgehead atoms. The normalized spacial score (nSPS) is 12.7. The van der Waals surface area contributed by atoms with Crippen LogP contribution in [0.25, 0.3) is 0 Å². The number of aromatic hydroxyl groups is 1. The van der Waals surface area contributed by atoms with Crippen molar-refractivity contribution >= 4 is 6.21 Å². The first-order valence-electron chi connectivity index (χ1n) is 9.74. The zero-order valence-electron chi connectivity index (χ0n) is 17.7. The van der Waals surface area contributed by atoms with Crippen LogP contribution >= 0.6 is 0 Å². The molecule has 5 nitrogen and oxygen atoms in total. The lowest BCUT2D eigenvalue weighted by atomic mass is 9.80. The number of phenols is 1. The second-order valence-electron chi connectivity index (χ2n) is 7.13. The molecule has 1 atom stereocenters. The third-order valence-electron chi connectivity index (χ3n) is 5.35. The van der Waals surface area contributed by atoms with Crippen LogP contribution in [0.4, 0.5) is 0 Å². The van der Waals surface area contributed by atoms with Crippen LogP contribution in [0.3, 0.4) is 0 Å². The molecule has 3 aromatic rings. The second kappa shape index (κ2) is 9.01. The fraction of sp³-hybridized carbons (Fsp3) is 0.240. The van der Waals surface area contributed by atoms with E-state index in [0.717, 1.165) is 5.56 Å². The topological polar surface area (TPSA) is 71.3 Å². The van der Waals surface area contributed by atoms with E-state index in [-0.39, 0.29) is 5.75 Å². The molecule has 0 saturated carbocycles. The molecule has 0 aliphatic carbocycles. The van der Waals surface area contributed by atoms with Gasteiger partial charge in [-0.1, -0.05) is 48.5 Å². The molecule has 0 amide bonds. The molecule has 1 unspecified atom stereocenters.